The molecule has 3 aromatic rings. The van der Waals surface area contributed by atoms with Gasteiger partial charge in [0.2, 0.25) is 5.91 Å². The summed E-state index contributed by atoms with van der Waals surface area (Å²) in [5.41, 5.74) is 0.485. The Labute approximate surface area is 201 Å². The van der Waals surface area contributed by atoms with E-state index >= 15 is 0 Å². The molecule has 8 nitrogen and oxygen atoms in total. The number of hydrogen-bond acceptors (Lipinski definition) is 6. The predicted octanol–water partition coefficient (Wildman–Crippen LogP) is 3.91. The maximum atomic E-state index is 13.5. The Morgan fingerprint density at radius 2 is 1.88 bits per heavy atom. The maximum absolute atomic E-state index is 13.5. The van der Waals surface area contributed by atoms with Gasteiger partial charge < -0.3 is 19.8 Å². The molecule has 178 valence electrons. The molecule has 34 heavy (non-hydrogen) atoms. The average Bonchev–Trinajstić information content (AvgIpc) is 3.64. The number of thiophene rings is 1. The molecule has 0 spiro atoms. The number of carbonyl (C=O) groups excluding carboxylic acids is 3. The minimum absolute atomic E-state index is 0.0660. The standard InChI is InChI=1S/C25H27N3O5S/c1-32-19-12-10-18(11-13-19)28(22(29)16-26-24(30)21-9-5-15-34-21)23(20-8-4-14-33-20)25(31)27-17-6-2-3-7-17/h4-5,8-15,17,23H,2-3,6-7,16H2,1H3,(H,26,30)(H,27,31)/t23-/m1/s1. The third-order valence-corrected chi connectivity index (χ3v) is 6.65. The van der Waals surface area contributed by atoms with Gasteiger partial charge in [-0.3, -0.25) is 19.3 Å². The van der Waals surface area contributed by atoms with Crippen LogP contribution in [-0.4, -0.2) is 37.4 Å². The summed E-state index contributed by atoms with van der Waals surface area (Å²) in [6, 6.07) is 12.7. The van der Waals surface area contributed by atoms with Crippen LogP contribution in [0.1, 0.15) is 47.2 Å². The second-order valence-corrected chi connectivity index (χ2v) is 8.98. The molecule has 1 saturated carbocycles. The highest BCUT2D eigenvalue weighted by atomic mass is 32.1. The average molecular weight is 482 g/mol. The molecule has 1 atom stereocenters. The molecule has 9 heteroatoms. The van der Waals surface area contributed by atoms with E-state index in [-0.39, 0.29) is 24.4 Å². The smallest absolute Gasteiger partial charge is 0.261 e. The Bertz CT molecular complexity index is 1090. The fraction of sp³-hybridized carbons (Fsp3) is 0.320. The Morgan fingerprint density at radius 3 is 2.50 bits per heavy atom. The van der Waals surface area contributed by atoms with Gasteiger partial charge in [-0.15, -0.1) is 11.3 Å². The van der Waals surface area contributed by atoms with E-state index < -0.39 is 11.9 Å². The summed E-state index contributed by atoms with van der Waals surface area (Å²) in [6.07, 6.45) is 5.41. The van der Waals surface area contributed by atoms with Crippen LogP contribution in [0.15, 0.2) is 64.6 Å². The second kappa shape index (κ2) is 11.0. The van der Waals surface area contributed by atoms with Crippen molar-refractivity contribution in [2.24, 2.45) is 0 Å². The Kier molecular flexibility index (Phi) is 7.64. The van der Waals surface area contributed by atoms with Crippen molar-refractivity contribution in [3.63, 3.8) is 0 Å². The number of nitrogens with zero attached hydrogens (tertiary/aromatic N) is 1. The molecule has 0 unspecified atom stereocenters. The number of nitrogens with one attached hydrogen (secondary N) is 2. The van der Waals surface area contributed by atoms with E-state index in [1.165, 1.54) is 22.5 Å². The fourth-order valence-electron chi connectivity index (χ4n) is 4.09. The summed E-state index contributed by atoms with van der Waals surface area (Å²) in [5, 5.41) is 7.53. The van der Waals surface area contributed by atoms with Crippen molar-refractivity contribution in [3.8, 4) is 5.75 Å². The van der Waals surface area contributed by atoms with Gasteiger partial charge in [-0.2, -0.15) is 0 Å². The van der Waals surface area contributed by atoms with E-state index in [0.29, 0.717) is 22.1 Å². The molecule has 0 radical (unpaired) electrons. The van der Waals surface area contributed by atoms with Gasteiger partial charge in [-0.05, 0) is 60.7 Å². The van der Waals surface area contributed by atoms with Crippen LogP contribution in [0.4, 0.5) is 5.69 Å². The maximum Gasteiger partial charge on any atom is 0.261 e. The zero-order valence-electron chi connectivity index (χ0n) is 18.9. The van der Waals surface area contributed by atoms with Crippen LogP contribution >= 0.6 is 11.3 Å². The van der Waals surface area contributed by atoms with E-state index in [1.807, 2.05) is 0 Å². The van der Waals surface area contributed by atoms with Crippen molar-refractivity contribution in [2.75, 3.05) is 18.6 Å². The first-order chi connectivity index (χ1) is 16.6. The zero-order chi connectivity index (χ0) is 23.9. The molecule has 0 saturated heterocycles. The minimum atomic E-state index is -1.03. The van der Waals surface area contributed by atoms with E-state index in [9.17, 15) is 14.4 Å². The molecular formula is C25H27N3O5S. The number of benzene rings is 1. The summed E-state index contributed by atoms with van der Waals surface area (Å²) in [7, 11) is 1.55. The lowest BCUT2D eigenvalue weighted by molar-refractivity contribution is -0.127. The van der Waals surface area contributed by atoms with Crippen LogP contribution in [0.25, 0.3) is 0 Å². The first-order valence-corrected chi connectivity index (χ1v) is 12.1. The predicted molar refractivity (Wildman–Crippen MR) is 129 cm³/mol. The summed E-state index contributed by atoms with van der Waals surface area (Å²) in [6.45, 7) is -0.281. The number of rotatable bonds is 9. The van der Waals surface area contributed by atoms with Crippen molar-refractivity contribution in [2.45, 2.75) is 37.8 Å². The van der Waals surface area contributed by atoms with Crippen LogP contribution in [0, 0.1) is 0 Å². The highest BCUT2D eigenvalue weighted by Crippen LogP contribution is 2.30. The van der Waals surface area contributed by atoms with Gasteiger partial charge in [0.05, 0.1) is 24.8 Å². The molecule has 0 aliphatic heterocycles. The zero-order valence-corrected chi connectivity index (χ0v) is 19.7. The monoisotopic (exact) mass is 481 g/mol. The number of carbonyl (C=O) groups is 3. The fourth-order valence-corrected chi connectivity index (χ4v) is 4.73. The number of methoxy groups -OCH3 is 1. The van der Waals surface area contributed by atoms with E-state index in [0.717, 1.165) is 25.7 Å². The SMILES string of the molecule is COc1ccc(N(C(=O)CNC(=O)c2cccs2)[C@@H](C(=O)NC2CCCC2)c2ccco2)cc1. The second-order valence-electron chi connectivity index (χ2n) is 8.03. The highest BCUT2D eigenvalue weighted by molar-refractivity contribution is 7.12. The van der Waals surface area contributed by atoms with Gasteiger partial charge in [-0.1, -0.05) is 18.9 Å². The lowest BCUT2D eigenvalue weighted by atomic mass is 10.1. The topological polar surface area (TPSA) is 101 Å². The van der Waals surface area contributed by atoms with Crippen LogP contribution < -0.4 is 20.3 Å². The number of furan rings is 1. The van der Waals surface area contributed by atoms with E-state index in [4.69, 9.17) is 9.15 Å². The van der Waals surface area contributed by atoms with Crippen LogP contribution in [0.5, 0.6) is 5.75 Å². The molecular weight excluding hydrogens is 454 g/mol. The molecule has 0 bridgehead atoms. The van der Waals surface area contributed by atoms with Crippen molar-refractivity contribution in [1.82, 2.24) is 10.6 Å². The van der Waals surface area contributed by atoms with Crippen LogP contribution in [0.2, 0.25) is 0 Å². The normalized spacial score (nSPS) is 14.4. The van der Waals surface area contributed by atoms with Crippen molar-refractivity contribution in [1.29, 1.82) is 0 Å². The molecule has 1 aliphatic rings. The van der Waals surface area contributed by atoms with Gasteiger partial charge in [0.1, 0.15) is 11.5 Å². The van der Waals surface area contributed by atoms with Crippen molar-refractivity contribution < 1.29 is 23.5 Å². The molecule has 1 fully saturated rings. The van der Waals surface area contributed by atoms with Crippen LogP contribution in [-0.2, 0) is 9.59 Å². The Morgan fingerprint density at radius 1 is 1.12 bits per heavy atom. The third kappa shape index (κ3) is 5.48. The largest absolute Gasteiger partial charge is 0.497 e. The number of hydrogen-bond donors (Lipinski definition) is 2. The molecule has 4 rings (SSSR count). The lowest BCUT2D eigenvalue weighted by Crippen LogP contribution is -2.49. The van der Waals surface area contributed by atoms with E-state index in [2.05, 4.69) is 10.6 Å². The van der Waals surface area contributed by atoms with Gasteiger partial charge in [0.15, 0.2) is 6.04 Å². The number of anilines is 1. The van der Waals surface area contributed by atoms with Crippen molar-refractivity contribution in [3.05, 3.63) is 70.8 Å². The minimum Gasteiger partial charge on any atom is -0.497 e. The summed E-state index contributed by atoms with van der Waals surface area (Å²) < 4.78 is 10.8. The molecule has 1 aliphatic carbocycles. The van der Waals surface area contributed by atoms with Crippen LogP contribution in [0.3, 0.4) is 0 Å². The highest BCUT2D eigenvalue weighted by Gasteiger charge is 2.36. The van der Waals surface area contributed by atoms with Gasteiger partial charge in [0.25, 0.3) is 11.8 Å². The van der Waals surface area contributed by atoms with Gasteiger partial charge >= 0.3 is 0 Å². The third-order valence-electron chi connectivity index (χ3n) is 5.79. The first kappa shape index (κ1) is 23.6. The molecule has 2 aromatic heterocycles. The summed E-state index contributed by atoms with van der Waals surface area (Å²) in [5.74, 6) is -0.159. The number of amides is 3. The van der Waals surface area contributed by atoms with E-state index in [1.54, 1.807) is 61.0 Å². The summed E-state index contributed by atoms with van der Waals surface area (Å²) in [4.78, 5) is 41.3. The Balaban J connectivity index is 1.63. The first-order valence-electron chi connectivity index (χ1n) is 11.2. The summed E-state index contributed by atoms with van der Waals surface area (Å²) >= 11 is 1.29. The van der Waals surface area contributed by atoms with Gasteiger partial charge in [0, 0.05) is 11.7 Å². The number of ether oxygens (including phenoxy) is 1. The lowest BCUT2D eigenvalue weighted by Gasteiger charge is -2.31. The van der Waals surface area contributed by atoms with Crippen molar-refractivity contribution >= 4 is 34.7 Å². The molecule has 1 aromatic carbocycles. The molecule has 3 amide bonds. The molecule has 2 N–H and O–H groups in total. The quantitative estimate of drug-likeness (QED) is 0.483. The van der Waals surface area contributed by atoms with Gasteiger partial charge in [-0.25, -0.2) is 0 Å². The Hall–Kier alpha value is -3.59. The molecule has 2 heterocycles.